The highest BCUT2D eigenvalue weighted by atomic mass is 16.1. The van der Waals surface area contributed by atoms with Crippen LogP contribution in [0.4, 0.5) is 0 Å². The number of hydrogen-bond acceptors (Lipinski definition) is 1. The lowest BCUT2D eigenvalue weighted by atomic mass is 9.89. The molecule has 0 saturated heterocycles. The molecule has 2 heteroatoms. The smallest absolute Gasteiger partial charge is 0.220 e. The molecule has 1 aromatic carbocycles. The second-order valence-electron chi connectivity index (χ2n) is 5.29. The fourth-order valence-electron chi connectivity index (χ4n) is 2.64. The lowest BCUT2D eigenvalue weighted by molar-refractivity contribution is -0.121. The normalized spacial score (nSPS) is 16.4. The van der Waals surface area contributed by atoms with Gasteiger partial charge in [-0.2, -0.15) is 0 Å². The molecule has 0 unspecified atom stereocenters. The Hall–Kier alpha value is -1.31. The van der Waals surface area contributed by atoms with Gasteiger partial charge < -0.3 is 5.32 Å². The van der Waals surface area contributed by atoms with Crippen molar-refractivity contribution in [2.45, 2.75) is 44.9 Å². The maximum absolute atomic E-state index is 11.7. The van der Waals surface area contributed by atoms with Crippen LogP contribution in [0.2, 0.25) is 0 Å². The number of amides is 1. The van der Waals surface area contributed by atoms with Crippen LogP contribution in [0.25, 0.3) is 0 Å². The van der Waals surface area contributed by atoms with E-state index in [4.69, 9.17) is 0 Å². The summed E-state index contributed by atoms with van der Waals surface area (Å²) in [6, 6.07) is 10.2. The molecule has 1 aromatic rings. The molecule has 2 nitrogen and oxygen atoms in total. The number of nitrogens with one attached hydrogen (secondary N) is 1. The van der Waals surface area contributed by atoms with E-state index in [1.807, 2.05) is 18.2 Å². The van der Waals surface area contributed by atoms with Crippen molar-refractivity contribution in [3.8, 4) is 0 Å². The van der Waals surface area contributed by atoms with E-state index in [-0.39, 0.29) is 5.91 Å². The highest BCUT2D eigenvalue weighted by Gasteiger charge is 2.13. The monoisotopic (exact) mass is 245 g/mol. The SMILES string of the molecule is O=C(CCc1ccccc1)NCC1CCCCC1. The van der Waals surface area contributed by atoms with Gasteiger partial charge in [-0.1, -0.05) is 49.6 Å². The lowest BCUT2D eigenvalue weighted by Crippen LogP contribution is -2.30. The van der Waals surface area contributed by atoms with E-state index in [0.717, 1.165) is 18.9 Å². The first-order valence-corrected chi connectivity index (χ1v) is 7.15. The zero-order chi connectivity index (χ0) is 12.6. The quantitative estimate of drug-likeness (QED) is 0.847. The van der Waals surface area contributed by atoms with Gasteiger partial charge in [0.05, 0.1) is 0 Å². The van der Waals surface area contributed by atoms with E-state index in [1.54, 1.807) is 0 Å². The van der Waals surface area contributed by atoms with Crippen LogP contribution in [0.5, 0.6) is 0 Å². The summed E-state index contributed by atoms with van der Waals surface area (Å²) in [6.45, 7) is 0.883. The Balaban J connectivity index is 1.63. The Morgan fingerprint density at radius 1 is 1.11 bits per heavy atom. The molecule has 0 bridgehead atoms. The summed E-state index contributed by atoms with van der Waals surface area (Å²) in [6.07, 6.45) is 8.08. The number of hydrogen-bond donors (Lipinski definition) is 1. The summed E-state index contributed by atoms with van der Waals surface area (Å²) in [5.74, 6) is 0.920. The summed E-state index contributed by atoms with van der Waals surface area (Å²) in [4.78, 5) is 11.7. The third-order valence-corrected chi connectivity index (χ3v) is 3.80. The van der Waals surface area contributed by atoms with Crippen LogP contribution in [-0.4, -0.2) is 12.5 Å². The highest BCUT2D eigenvalue weighted by molar-refractivity contribution is 5.76. The first-order valence-electron chi connectivity index (χ1n) is 7.15. The fraction of sp³-hybridized carbons (Fsp3) is 0.562. The molecule has 0 aromatic heterocycles. The molecule has 1 saturated carbocycles. The van der Waals surface area contributed by atoms with Crippen molar-refractivity contribution >= 4 is 5.91 Å². The summed E-state index contributed by atoms with van der Waals surface area (Å²) in [5, 5.41) is 3.08. The molecule has 18 heavy (non-hydrogen) atoms. The van der Waals surface area contributed by atoms with Gasteiger partial charge in [0.25, 0.3) is 0 Å². The first-order chi connectivity index (χ1) is 8.84. The minimum absolute atomic E-state index is 0.199. The number of benzene rings is 1. The molecule has 1 aliphatic carbocycles. The van der Waals surface area contributed by atoms with E-state index < -0.39 is 0 Å². The van der Waals surface area contributed by atoms with Crippen molar-refractivity contribution < 1.29 is 4.79 Å². The third kappa shape index (κ3) is 4.52. The van der Waals surface area contributed by atoms with Gasteiger partial charge in [-0.25, -0.2) is 0 Å². The Labute approximate surface area is 110 Å². The Bertz CT molecular complexity index is 355. The maximum atomic E-state index is 11.7. The highest BCUT2D eigenvalue weighted by Crippen LogP contribution is 2.22. The molecule has 98 valence electrons. The van der Waals surface area contributed by atoms with Crippen LogP contribution in [0, 0.1) is 5.92 Å². The molecule has 1 amide bonds. The second-order valence-corrected chi connectivity index (χ2v) is 5.29. The van der Waals surface area contributed by atoms with Crippen molar-refractivity contribution in [3.05, 3.63) is 35.9 Å². The van der Waals surface area contributed by atoms with Gasteiger partial charge >= 0.3 is 0 Å². The van der Waals surface area contributed by atoms with Crippen LogP contribution < -0.4 is 5.32 Å². The Morgan fingerprint density at radius 2 is 1.83 bits per heavy atom. The zero-order valence-corrected chi connectivity index (χ0v) is 11.0. The molecule has 0 atom stereocenters. The van der Waals surface area contributed by atoms with Crippen LogP contribution in [0.1, 0.15) is 44.1 Å². The van der Waals surface area contributed by atoms with Crippen molar-refractivity contribution in [2.24, 2.45) is 5.92 Å². The van der Waals surface area contributed by atoms with Crippen LogP contribution in [-0.2, 0) is 11.2 Å². The standard InChI is InChI=1S/C16H23NO/c18-16(12-11-14-7-3-1-4-8-14)17-13-15-9-5-2-6-10-15/h1,3-4,7-8,15H,2,5-6,9-13H2,(H,17,18). The average Bonchev–Trinajstić information content (AvgIpc) is 2.45. The average molecular weight is 245 g/mol. The number of aryl methyl sites for hydroxylation is 1. The first kappa shape index (κ1) is 13.1. The minimum atomic E-state index is 0.199. The second kappa shape index (κ2) is 7.20. The summed E-state index contributed by atoms with van der Waals surface area (Å²) < 4.78 is 0. The lowest BCUT2D eigenvalue weighted by Gasteiger charge is -2.21. The van der Waals surface area contributed by atoms with Gasteiger partial charge in [-0.05, 0) is 30.7 Å². The molecule has 0 aliphatic heterocycles. The van der Waals surface area contributed by atoms with Crippen molar-refractivity contribution in [2.75, 3.05) is 6.54 Å². The van der Waals surface area contributed by atoms with Gasteiger partial charge in [0.15, 0.2) is 0 Å². The minimum Gasteiger partial charge on any atom is -0.356 e. The maximum Gasteiger partial charge on any atom is 0.220 e. The molecule has 1 fully saturated rings. The number of carbonyl (C=O) groups is 1. The van der Waals surface area contributed by atoms with E-state index in [9.17, 15) is 4.79 Å². The molecule has 2 rings (SSSR count). The van der Waals surface area contributed by atoms with Crippen LogP contribution in [0.15, 0.2) is 30.3 Å². The van der Waals surface area contributed by atoms with E-state index in [2.05, 4.69) is 17.4 Å². The molecule has 0 spiro atoms. The summed E-state index contributed by atoms with van der Waals surface area (Å²) in [7, 11) is 0. The number of carbonyl (C=O) groups excluding carboxylic acids is 1. The molecular weight excluding hydrogens is 222 g/mol. The molecule has 0 heterocycles. The van der Waals surface area contributed by atoms with Gasteiger partial charge in [0.2, 0.25) is 5.91 Å². The largest absolute Gasteiger partial charge is 0.356 e. The van der Waals surface area contributed by atoms with Gasteiger partial charge in [0.1, 0.15) is 0 Å². The van der Waals surface area contributed by atoms with Crippen molar-refractivity contribution in [1.82, 2.24) is 5.32 Å². The summed E-state index contributed by atoms with van der Waals surface area (Å²) in [5.41, 5.74) is 1.24. The van der Waals surface area contributed by atoms with Crippen LogP contribution >= 0.6 is 0 Å². The van der Waals surface area contributed by atoms with Crippen LogP contribution in [0.3, 0.4) is 0 Å². The predicted molar refractivity (Wildman–Crippen MR) is 74.3 cm³/mol. The Morgan fingerprint density at radius 3 is 2.56 bits per heavy atom. The van der Waals surface area contributed by atoms with E-state index in [1.165, 1.54) is 37.7 Å². The molecular formula is C16H23NO. The molecule has 1 N–H and O–H groups in total. The molecule has 1 aliphatic rings. The topological polar surface area (TPSA) is 29.1 Å². The van der Waals surface area contributed by atoms with E-state index in [0.29, 0.717) is 6.42 Å². The fourth-order valence-corrected chi connectivity index (χ4v) is 2.64. The number of rotatable bonds is 5. The molecule has 0 radical (unpaired) electrons. The Kier molecular flexibility index (Phi) is 5.25. The van der Waals surface area contributed by atoms with Crippen molar-refractivity contribution in [1.29, 1.82) is 0 Å². The van der Waals surface area contributed by atoms with Crippen molar-refractivity contribution in [3.63, 3.8) is 0 Å². The predicted octanol–water partition coefficient (Wildman–Crippen LogP) is 3.32. The van der Waals surface area contributed by atoms with Gasteiger partial charge in [-0.3, -0.25) is 4.79 Å². The third-order valence-electron chi connectivity index (χ3n) is 3.80. The van der Waals surface area contributed by atoms with E-state index >= 15 is 0 Å². The zero-order valence-electron chi connectivity index (χ0n) is 11.0. The summed E-state index contributed by atoms with van der Waals surface area (Å²) >= 11 is 0. The van der Waals surface area contributed by atoms with Gasteiger partial charge in [-0.15, -0.1) is 0 Å². The van der Waals surface area contributed by atoms with Gasteiger partial charge in [0, 0.05) is 13.0 Å².